The maximum atomic E-state index is 11.2. The van der Waals surface area contributed by atoms with Crippen LogP contribution in [0.2, 0.25) is 0 Å². The molecule has 0 aliphatic carbocycles. The van der Waals surface area contributed by atoms with E-state index >= 15 is 0 Å². The van der Waals surface area contributed by atoms with Gasteiger partial charge >= 0.3 is 5.97 Å². The molecule has 2 unspecified atom stereocenters. The second-order valence-electron chi connectivity index (χ2n) is 4.29. The Kier molecular flexibility index (Phi) is 5.65. The minimum atomic E-state index is -0.750. The maximum absolute atomic E-state index is 11.2. The van der Waals surface area contributed by atoms with Crippen LogP contribution in [0.25, 0.3) is 0 Å². The highest BCUT2D eigenvalue weighted by molar-refractivity contribution is 5.75. The Balaban J connectivity index is 2.70. The van der Waals surface area contributed by atoms with Crippen LogP contribution < -0.4 is 10.5 Å². The largest absolute Gasteiger partial charge is 0.491 e. The van der Waals surface area contributed by atoms with Gasteiger partial charge in [-0.25, -0.2) is 0 Å². The molecule has 0 aliphatic heterocycles. The quantitative estimate of drug-likeness (QED) is 0.786. The molecule has 18 heavy (non-hydrogen) atoms. The van der Waals surface area contributed by atoms with Crippen molar-refractivity contribution < 1.29 is 14.3 Å². The van der Waals surface area contributed by atoms with Gasteiger partial charge in [-0.2, -0.15) is 0 Å². The number of benzene rings is 1. The number of ether oxygens (including phenoxy) is 2. The third kappa shape index (κ3) is 3.74. The molecule has 1 rings (SSSR count). The Bertz CT molecular complexity index is 392. The molecular formula is C14H21NO3. The number of methoxy groups -OCH3 is 1. The van der Waals surface area contributed by atoms with Crippen LogP contribution in [-0.2, 0) is 9.53 Å². The zero-order valence-electron chi connectivity index (χ0n) is 11.2. The average molecular weight is 251 g/mol. The summed E-state index contributed by atoms with van der Waals surface area (Å²) >= 11 is 0. The molecule has 4 nitrogen and oxygen atoms in total. The van der Waals surface area contributed by atoms with E-state index in [-0.39, 0.29) is 6.61 Å². The van der Waals surface area contributed by atoms with Gasteiger partial charge in [-0.1, -0.05) is 32.0 Å². The van der Waals surface area contributed by atoms with Gasteiger partial charge in [0.05, 0.1) is 7.11 Å². The number of nitrogens with two attached hydrogens (primary N) is 1. The van der Waals surface area contributed by atoms with Crippen molar-refractivity contribution >= 4 is 5.97 Å². The van der Waals surface area contributed by atoms with Crippen molar-refractivity contribution in [3.63, 3.8) is 0 Å². The molecule has 0 amide bonds. The van der Waals surface area contributed by atoms with Gasteiger partial charge in [0.15, 0.2) is 0 Å². The molecule has 0 aromatic heterocycles. The van der Waals surface area contributed by atoms with E-state index in [0.717, 1.165) is 17.7 Å². The number of hydrogen-bond donors (Lipinski definition) is 1. The Labute approximate surface area is 108 Å². The van der Waals surface area contributed by atoms with Crippen LogP contribution in [0.15, 0.2) is 24.3 Å². The van der Waals surface area contributed by atoms with Gasteiger partial charge in [-0.15, -0.1) is 0 Å². The van der Waals surface area contributed by atoms with Crippen LogP contribution in [0, 0.1) is 0 Å². The zero-order chi connectivity index (χ0) is 13.5. The molecule has 1 aromatic rings. The average Bonchev–Trinajstić information content (AvgIpc) is 2.43. The predicted octanol–water partition coefficient (Wildman–Crippen LogP) is 2.08. The standard InChI is InChI=1S/C14H21NO3/c1-4-10(2)11-7-5-6-8-13(11)18-9-12(15)14(16)17-3/h5-8,10,12H,4,9,15H2,1-3H3. The number of rotatable bonds is 6. The van der Waals surface area contributed by atoms with Gasteiger partial charge < -0.3 is 15.2 Å². The molecule has 0 saturated carbocycles. The predicted molar refractivity (Wildman–Crippen MR) is 70.6 cm³/mol. The van der Waals surface area contributed by atoms with E-state index < -0.39 is 12.0 Å². The van der Waals surface area contributed by atoms with Crippen LogP contribution in [-0.4, -0.2) is 25.7 Å². The van der Waals surface area contributed by atoms with Crippen molar-refractivity contribution in [3.8, 4) is 5.75 Å². The summed E-state index contributed by atoms with van der Waals surface area (Å²) in [5, 5.41) is 0. The smallest absolute Gasteiger partial charge is 0.326 e. The van der Waals surface area contributed by atoms with Gasteiger partial charge in [0.1, 0.15) is 18.4 Å². The van der Waals surface area contributed by atoms with Crippen molar-refractivity contribution in [1.29, 1.82) is 0 Å². The lowest BCUT2D eigenvalue weighted by atomic mass is 9.98. The topological polar surface area (TPSA) is 61.5 Å². The Morgan fingerprint density at radius 1 is 1.39 bits per heavy atom. The van der Waals surface area contributed by atoms with Crippen LogP contribution >= 0.6 is 0 Å². The third-order valence-corrected chi connectivity index (χ3v) is 2.98. The summed E-state index contributed by atoms with van der Waals surface area (Å²) < 4.78 is 10.2. The number of para-hydroxylation sites is 1. The van der Waals surface area contributed by atoms with Gasteiger partial charge in [0, 0.05) is 0 Å². The van der Waals surface area contributed by atoms with Crippen molar-refractivity contribution in [2.45, 2.75) is 32.2 Å². The number of esters is 1. The first-order valence-electron chi connectivity index (χ1n) is 6.15. The van der Waals surface area contributed by atoms with Crippen LogP contribution in [0.4, 0.5) is 0 Å². The summed E-state index contributed by atoms with van der Waals surface area (Å²) in [6.45, 7) is 4.39. The molecule has 0 heterocycles. The zero-order valence-corrected chi connectivity index (χ0v) is 11.2. The summed E-state index contributed by atoms with van der Waals surface area (Å²) in [4.78, 5) is 11.2. The lowest BCUT2D eigenvalue weighted by Crippen LogP contribution is -2.37. The molecular weight excluding hydrogens is 230 g/mol. The van der Waals surface area contributed by atoms with Gasteiger partial charge in [-0.05, 0) is 24.0 Å². The van der Waals surface area contributed by atoms with E-state index in [2.05, 4.69) is 18.6 Å². The fraction of sp³-hybridized carbons (Fsp3) is 0.500. The highest BCUT2D eigenvalue weighted by atomic mass is 16.5. The summed E-state index contributed by atoms with van der Waals surface area (Å²) in [6, 6.07) is 7.07. The number of carbonyl (C=O) groups excluding carboxylic acids is 1. The molecule has 2 N–H and O–H groups in total. The Morgan fingerprint density at radius 3 is 2.67 bits per heavy atom. The van der Waals surface area contributed by atoms with Crippen molar-refractivity contribution in [3.05, 3.63) is 29.8 Å². The highest BCUT2D eigenvalue weighted by Crippen LogP contribution is 2.28. The molecule has 100 valence electrons. The maximum Gasteiger partial charge on any atom is 0.326 e. The van der Waals surface area contributed by atoms with Crippen molar-refractivity contribution in [1.82, 2.24) is 0 Å². The SMILES string of the molecule is CCC(C)c1ccccc1OCC(N)C(=O)OC. The Morgan fingerprint density at radius 2 is 2.06 bits per heavy atom. The van der Waals surface area contributed by atoms with E-state index in [9.17, 15) is 4.79 Å². The molecule has 4 heteroatoms. The molecule has 0 spiro atoms. The number of carbonyl (C=O) groups is 1. The molecule has 0 aliphatic rings. The van der Waals surface area contributed by atoms with E-state index in [1.54, 1.807) is 0 Å². The second kappa shape index (κ2) is 7.01. The lowest BCUT2D eigenvalue weighted by Gasteiger charge is -2.17. The van der Waals surface area contributed by atoms with E-state index in [1.807, 2.05) is 24.3 Å². The summed E-state index contributed by atoms with van der Waals surface area (Å²) in [6.07, 6.45) is 1.03. The minimum Gasteiger partial charge on any atom is -0.491 e. The fourth-order valence-electron chi connectivity index (χ4n) is 1.64. The van der Waals surface area contributed by atoms with Gasteiger partial charge in [-0.3, -0.25) is 4.79 Å². The normalized spacial score (nSPS) is 13.8. The monoisotopic (exact) mass is 251 g/mol. The van der Waals surface area contributed by atoms with Crippen LogP contribution in [0.1, 0.15) is 31.7 Å². The molecule has 0 fully saturated rings. The first kappa shape index (κ1) is 14.5. The second-order valence-corrected chi connectivity index (χ2v) is 4.29. The van der Waals surface area contributed by atoms with Gasteiger partial charge in [0.25, 0.3) is 0 Å². The fourth-order valence-corrected chi connectivity index (χ4v) is 1.64. The van der Waals surface area contributed by atoms with E-state index in [4.69, 9.17) is 10.5 Å². The first-order valence-corrected chi connectivity index (χ1v) is 6.15. The third-order valence-electron chi connectivity index (χ3n) is 2.98. The van der Waals surface area contributed by atoms with Crippen molar-refractivity contribution in [2.24, 2.45) is 5.73 Å². The summed E-state index contributed by atoms with van der Waals surface area (Å²) in [7, 11) is 1.31. The van der Waals surface area contributed by atoms with Crippen molar-refractivity contribution in [2.75, 3.05) is 13.7 Å². The minimum absolute atomic E-state index is 0.125. The lowest BCUT2D eigenvalue weighted by molar-refractivity contribution is -0.142. The number of hydrogen-bond acceptors (Lipinski definition) is 4. The van der Waals surface area contributed by atoms with E-state index in [1.165, 1.54) is 7.11 Å². The molecule has 2 atom stereocenters. The summed E-state index contributed by atoms with van der Waals surface area (Å²) in [5.41, 5.74) is 6.77. The summed E-state index contributed by atoms with van der Waals surface area (Å²) in [5.74, 6) is 0.734. The van der Waals surface area contributed by atoms with Crippen LogP contribution in [0.5, 0.6) is 5.75 Å². The molecule has 1 aromatic carbocycles. The van der Waals surface area contributed by atoms with E-state index in [0.29, 0.717) is 5.92 Å². The molecule has 0 radical (unpaired) electrons. The molecule has 0 bridgehead atoms. The Hall–Kier alpha value is -1.55. The first-order chi connectivity index (χ1) is 8.60. The highest BCUT2D eigenvalue weighted by Gasteiger charge is 2.16. The molecule has 0 saturated heterocycles. The van der Waals surface area contributed by atoms with Gasteiger partial charge in [0.2, 0.25) is 0 Å². The van der Waals surface area contributed by atoms with Crippen LogP contribution in [0.3, 0.4) is 0 Å².